The van der Waals surface area contributed by atoms with E-state index in [1.807, 2.05) is 24.3 Å². The second-order valence-electron chi connectivity index (χ2n) is 8.33. The number of hydrogen-bond donors (Lipinski definition) is 2. The van der Waals surface area contributed by atoms with Crippen LogP contribution < -0.4 is 15.5 Å². The molecule has 2 aromatic rings. The molecule has 0 unspecified atom stereocenters. The lowest BCUT2D eigenvalue weighted by atomic mass is 9.87. The van der Waals surface area contributed by atoms with Crippen molar-refractivity contribution in [2.24, 2.45) is 5.92 Å². The molecule has 1 aromatic heterocycles. The summed E-state index contributed by atoms with van der Waals surface area (Å²) in [5, 5.41) is 6.05. The summed E-state index contributed by atoms with van der Waals surface area (Å²) >= 11 is 0. The average Bonchev–Trinajstić information content (AvgIpc) is 2.76. The van der Waals surface area contributed by atoms with Crippen LogP contribution >= 0.6 is 0 Å². The van der Waals surface area contributed by atoms with Gasteiger partial charge in [0.05, 0.1) is 13.2 Å². The van der Waals surface area contributed by atoms with E-state index < -0.39 is 11.7 Å². The van der Waals surface area contributed by atoms with Crippen molar-refractivity contribution in [3.8, 4) is 0 Å². The summed E-state index contributed by atoms with van der Waals surface area (Å²) in [6, 6.07) is 7.69. The van der Waals surface area contributed by atoms with E-state index in [1.54, 1.807) is 0 Å². The Morgan fingerprint density at radius 3 is 2.35 bits per heavy atom. The highest BCUT2D eigenvalue weighted by Gasteiger charge is 2.36. The summed E-state index contributed by atoms with van der Waals surface area (Å²) in [6.45, 7) is 5.26. The number of halogens is 3. The van der Waals surface area contributed by atoms with E-state index in [9.17, 15) is 13.2 Å². The van der Waals surface area contributed by atoms with Crippen molar-refractivity contribution in [2.75, 3.05) is 41.8 Å². The number of nitrogens with one attached hydrogen (secondary N) is 2. The Balaban J connectivity index is 1.49. The van der Waals surface area contributed by atoms with Crippen molar-refractivity contribution in [1.29, 1.82) is 0 Å². The number of nitrogens with zero attached hydrogens (tertiary/aromatic N) is 3. The van der Waals surface area contributed by atoms with Crippen molar-refractivity contribution in [3.05, 3.63) is 36.0 Å². The number of morpholine rings is 1. The maximum Gasteiger partial charge on any atom is 0.421 e. The third-order valence-electron chi connectivity index (χ3n) is 5.95. The second kappa shape index (κ2) is 9.30. The van der Waals surface area contributed by atoms with Gasteiger partial charge in [-0.3, -0.25) is 0 Å². The predicted molar refractivity (Wildman–Crippen MR) is 115 cm³/mol. The number of ether oxygens (including phenoxy) is 1. The van der Waals surface area contributed by atoms with E-state index >= 15 is 0 Å². The van der Waals surface area contributed by atoms with Crippen LogP contribution in [0.3, 0.4) is 0 Å². The first-order valence-electron chi connectivity index (χ1n) is 10.8. The lowest BCUT2D eigenvalue weighted by Crippen LogP contribution is -2.36. The molecule has 1 saturated carbocycles. The third-order valence-corrected chi connectivity index (χ3v) is 5.95. The van der Waals surface area contributed by atoms with Crippen LogP contribution in [-0.4, -0.2) is 42.3 Å². The van der Waals surface area contributed by atoms with E-state index in [1.165, 1.54) is 0 Å². The fraction of sp³-hybridized carbons (Fsp3) is 0.545. The van der Waals surface area contributed by atoms with Gasteiger partial charge >= 0.3 is 6.18 Å². The topological polar surface area (TPSA) is 62.3 Å². The molecule has 2 fully saturated rings. The molecule has 4 rings (SSSR count). The number of aromatic nitrogens is 2. The molecule has 6 nitrogen and oxygen atoms in total. The first-order valence-corrected chi connectivity index (χ1v) is 10.8. The zero-order valence-electron chi connectivity index (χ0n) is 17.6. The molecule has 2 heterocycles. The molecule has 0 radical (unpaired) electrons. The molecule has 168 valence electrons. The van der Waals surface area contributed by atoms with Gasteiger partial charge in [0.2, 0.25) is 5.95 Å². The van der Waals surface area contributed by atoms with Crippen LogP contribution in [0.15, 0.2) is 30.5 Å². The summed E-state index contributed by atoms with van der Waals surface area (Å²) in [7, 11) is 0. The SMILES string of the molecule is CC1CCC(Nc2nc(Nc3ccc(N4CCOCC4)cc3)ncc2C(F)(F)F)CC1. The van der Waals surface area contributed by atoms with Crippen LogP contribution in [0.5, 0.6) is 0 Å². The van der Waals surface area contributed by atoms with Crippen LogP contribution in [0, 0.1) is 5.92 Å². The van der Waals surface area contributed by atoms with E-state index in [0.717, 1.165) is 50.7 Å². The van der Waals surface area contributed by atoms with Crippen LogP contribution in [0.25, 0.3) is 0 Å². The molecule has 2 N–H and O–H groups in total. The van der Waals surface area contributed by atoms with E-state index in [2.05, 4.69) is 32.4 Å². The molecule has 9 heteroatoms. The van der Waals surface area contributed by atoms with Gasteiger partial charge in [-0.15, -0.1) is 0 Å². The maximum absolute atomic E-state index is 13.5. The Morgan fingerprint density at radius 1 is 1.03 bits per heavy atom. The Kier molecular flexibility index (Phi) is 6.50. The van der Waals surface area contributed by atoms with E-state index in [-0.39, 0.29) is 17.8 Å². The molecule has 1 saturated heterocycles. The molecular formula is C22H28F3N5O. The standard InChI is InChI=1S/C22H28F3N5O/c1-15-2-4-16(5-3-15)27-20-19(22(23,24)25)14-26-21(29-20)28-17-6-8-18(9-7-17)30-10-12-31-13-11-30/h6-9,14-16H,2-5,10-13H2,1H3,(H2,26,27,28,29). The van der Waals surface area contributed by atoms with Crippen molar-refractivity contribution in [3.63, 3.8) is 0 Å². The number of anilines is 4. The summed E-state index contributed by atoms with van der Waals surface area (Å²) in [6.07, 6.45) is 0.0334. The van der Waals surface area contributed by atoms with E-state index in [4.69, 9.17) is 4.74 Å². The molecule has 2 aliphatic rings. The zero-order valence-corrected chi connectivity index (χ0v) is 17.6. The molecule has 1 aromatic carbocycles. The van der Waals surface area contributed by atoms with Gasteiger partial charge in [-0.2, -0.15) is 18.2 Å². The zero-order chi connectivity index (χ0) is 21.8. The van der Waals surface area contributed by atoms with Crippen LogP contribution in [0.2, 0.25) is 0 Å². The number of alkyl halides is 3. The Hall–Kier alpha value is -2.55. The molecule has 1 aliphatic carbocycles. The fourth-order valence-electron chi connectivity index (χ4n) is 4.06. The van der Waals surface area contributed by atoms with Crippen molar-refractivity contribution in [2.45, 2.75) is 44.8 Å². The number of benzene rings is 1. The average molecular weight is 435 g/mol. The van der Waals surface area contributed by atoms with Crippen molar-refractivity contribution < 1.29 is 17.9 Å². The number of hydrogen-bond acceptors (Lipinski definition) is 6. The Labute approximate surface area is 180 Å². The quantitative estimate of drug-likeness (QED) is 0.684. The molecule has 0 spiro atoms. The van der Waals surface area contributed by atoms with E-state index in [0.29, 0.717) is 24.8 Å². The normalized spacial score (nSPS) is 22.3. The number of rotatable bonds is 5. The minimum absolute atomic E-state index is 0.00661. The van der Waals surface area contributed by atoms with Crippen LogP contribution in [0.1, 0.15) is 38.2 Å². The minimum atomic E-state index is -4.51. The summed E-state index contributed by atoms with van der Waals surface area (Å²) in [5.41, 5.74) is 0.963. The highest BCUT2D eigenvalue weighted by molar-refractivity contribution is 5.61. The second-order valence-corrected chi connectivity index (χ2v) is 8.33. The first kappa shape index (κ1) is 21.7. The molecule has 0 bridgehead atoms. The lowest BCUT2D eigenvalue weighted by molar-refractivity contribution is -0.137. The lowest BCUT2D eigenvalue weighted by Gasteiger charge is -2.29. The van der Waals surface area contributed by atoms with Crippen LogP contribution in [-0.2, 0) is 10.9 Å². The fourth-order valence-corrected chi connectivity index (χ4v) is 4.06. The van der Waals surface area contributed by atoms with Gasteiger partial charge in [0.15, 0.2) is 0 Å². The van der Waals surface area contributed by atoms with Crippen molar-refractivity contribution >= 4 is 23.1 Å². The van der Waals surface area contributed by atoms with Gasteiger partial charge in [-0.25, -0.2) is 4.98 Å². The Morgan fingerprint density at radius 2 is 1.71 bits per heavy atom. The van der Waals surface area contributed by atoms with Gasteiger partial charge in [0.25, 0.3) is 0 Å². The smallest absolute Gasteiger partial charge is 0.378 e. The Bertz CT molecular complexity index is 860. The molecule has 1 aliphatic heterocycles. The largest absolute Gasteiger partial charge is 0.421 e. The third kappa shape index (κ3) is 5.58. The van der Waals surface area contributed by atoms with Gasteiger partial charge in [-0.1, -0.05) is 6.92 Å². The molecular weight excluding hydrogens is 407 g/mol. The summed E-state index contributed by atoms with van der Waals surface area (Å²) in [5.74, 6) is 0.594. The summed E-state index contributed by atoms with van der Waals surface area (Å²) < 4.78 is 45.8. The van der Waals surface area contributed by atoms with Gasteiger partial charge in [-0.05, 0) is 55.9 Å². The monoisotopic (exact) mass is 435 g/mol. The van der Waals surface area contributed by atoms with Crippen molar-refractivity contribution in [1.82, 2.24) is 9.97 Å². The molecule has 31 heavy (non-hydrogen) atoms. The summed E-state index contributed by atoms with van der Waals surface area (Å²) in [4.78, 5) is 10.3. The maximum atomic E-state index is 13.5. The highest BCUT2D eigenvalue weighted by Crippen LogP contribution is 2.36. The van der Waals surface area contributed by atoms with Gasteiger partial charge < -0.3 is 20.3 Å². The van der Waals surface area contributed by atoms with Gasteiger partial charge in [0, 0.05) is 36.7 Å². The van der Waals surface area contributed by atoms with Gasteiger partial charge in [0.1, 0.15) is 11.4 Å². The van der Waals surface area contributed by atoms with Crippen LogP contribution in [0.4, 0.5) is 36.3 Å². The minimum Gasteiger partial charge on any atom is -0.378 e. The predicted octanol–water partition coefficient (Wildman–Crippen LogP) is 5.07. The molecule has 0 atom stereocenters. The first-order chi connectivity index (χ1) is 14.9. The molecule has 0 amide bonds. The highest BCUT2D eigenvalue weighted by atomic mass is 19.4.